The molecule has 0 atom stereocenters. The summed E-state index contributed by atoms with van der Waals surface area (Å²) in [6.07, 6.45) is 4.69. The van der Waals surface area contributed by atoms with Gasteiger partial charge >= 0.3 is 0 Å². The average molecular weight is 271 g/mol. The van der Waals surface area contributed by atoms with Gasteiger partial charge in [-0.05, 0) is 30.2 Å². The van der Waals surface area contributed by atoms with E-state index in [4.69, 9.17) is 19.5 Å². The van der Waals surface area contributed by atoms with Crippen LogP contribution in [0.1, 0.15) is 30.4 Å². The molecule has 4 nitrogen and oxygen atoms in total. The lowest BCUT2D eigenvalue weighted by atomic mass is 9.89. The molecule has 0 bridgehead atoms. The Hall–Kier alpha value is -1.83. The number of ether oxygens (including phenoxy) is 3. The zero-order chi connectivity index (χ0) is 14.0. The van der Waals surface area contributed by atoms with E-state index in [1.165, 1.54) is 5.57 Å². The van der Waals surface area contributed by atoms with Crippen LogP contribution in [0.4, 0.5) is 0 Å². The van der Waals surface area contributed by atoms with Crippen LogP contribution in [-0.2, 0) is 9.47 Å². The van der Waals surface area contributed by atoms with Crippen LogP contribution in [0, 0.1) is 11.3 Å². The Morgan fingerprint density at radius 3 is 2.70 bits per heavy atom. The number of methoxy groups -OCH3 is 1. The van der Waals surface area contributed by atoms with Gasteiger partial charge in [-0.25, -0.2) is 0 Å². The van der Waals surface area contributed by atoms with E-state index in [1.807, 2.05) is 12.1 Å². The zero-order valence-corrected chi connectivity index (χ0v) is 11.5. The van der Waals surface area contributed by atoms with Crippen molar-refractivity contribution in [3.05, 3.63) is 35.4 Å². The topological polar surface area (TPSA) is 51.5 Å². The van der Waals surface area contributed by atoms with Gasteiger partial charge in [0.15, 0.2) is 5.79 Å². The van der Waals surface area contributed by atoms with E-state index < -0.39 is 5.79 Å². The Morgan fingerprint density at radius 1 is 1.30 bits per heavy atom. The van der Waals surface area contributed by atoms with Gasteiger partial charge in [0.1, 0.15) is 5.75 Å². The minimum atomic E-state index is -0.399. The number of benzene rings is 1. The van der Waals surface area contributed by atoms with Crippen LogP contribution >= 0.6 is 0 Å². The fourth-order valence-corrected chi connectivity index (χ4v) is 2.84. The normalized spacial score (nSPS) is 20.5. The summed E-state index contributed by atoms with van der Waals surface area (Å²) in [5.74, 6) is 0.350. The molecule has 1 aromatic carbocycles. The lowest BCUT2D eigenvalue weighted by Gasteiger charge is -2.31. The van der Waals surface area contributed by atoms with E-state index in [2.05, 4.69) is 12.1 Å². The average Bonchev–Trinajstić information content (AvgIpc) is 2.96. The molecule has 0 N–H and O–H groups in total. The van der Waals surface area contributed by atoms with Crippen LogP contribution in [0.25, 0.3) is 5.57 Å². The maximum absolute atomic E-state index is 8.94. The number of hydrogen-bond acceptors (Lipinski definition) is 4. The molecule has 4 heteroatoms. The van der Waals surface area contributed by atoms with E-state index in [0.29, 0.717) is 18.8 Å². The van der Waals surface area contributed by atoms with Crippen molar-refractivity contribution in [1.82, 2.24) is 0 Å². The number of rotatable bonds is 2. The largest absolute Gasteiger partial charge is 0.496 e. The summed E-state index contributed by atoms with van der Waals surface area (Å²) in [7, 11) is 1.63. The lowest BCUT2D eigenvalue weighted by molar-refractivity contribution is -0.159. The molecule has 20 heavy (non-hydrogen) atoms. The number of allylic oxidation sites excluding steroid dienone is 1. The summed E-state index contributed by atoms with van der Waals surface area (Å²) in [4.78, 5) is 0. The Kier molecular flexibility index (Phi) is 3.47. The third-order valence-electron chi connectivity index (χ3n) is 3.92. The highest BCUT2D eigenvalue weighted by Crippen LogP contribution is 2.40. The Morgan fingerprint density at radius 2 is 2.10 bits per heavy atom. The Labute approximate surface area is 118 Å². The van der Waals surface area contributed by atoms with Crippen LogP contribution in [0.3, 0.4) is 0 Å². The second-order valence-corrected chi connectivity index (χ2v) is 5.07. The van der Waals surface area contributed by atoms with Crippen molar-refractivity contribution < 1.29 is 14.2 Å². The highest BCUT2D eigenvalue weighted by Gasteiger charge is 2.37. The number of hydrogen-bond donors (Lipinski definition) is 0. The van der Waals surface area contributed by atoms with Gasteiger partial charge in [0.25, 0.3) is 0 Å². The molecule has 1 aliphatic heterocycles. The first-order valence-electron chi connectivity index (χ1n) is 6.82. The maximum atomic E-state index is 8.94. The smallest absolute Gasteiger partial charge is 0.172 e. The lowest BCUT2D eigenvalue weighted by Crippen LogP contribution is -2.31. The first-order valence-corrected chi connectivity index (χ1v) is 6.82. The summed E-state index contributed by atoms with van der Waals surface area (Å²) < 4.78 is 16.8. The van der Waals surface area contributed by atoms with E-state index in [-0.39, 0.29) is 0 Å². The fourth-order valence-electron chi connectivity index (χ4n) is 2.84. The zero-order valence-electron chi connectivity index (χ0n) is 11.5. The van der Waals surface area contributed by atoms with Gasteiger partial charge in [-0.2, -0.15) is 5.26 Å². The quantitative estimate of drug-likeness (QED) is 0.830. The molecule has 1 heterocycles. The monoisotopic (exact) mass is 271 g/mol. The van der Waals surface area contributed by atoms with Gasteiger partial charge in [0, 0.05) is 18.4 Å². The van der Waals surface area contributed by atoms with Gasteiger partial charge in [-0.1, -0.05) is 6.08 Å². The van der Waals surface area contributed by atoms with E-state index in [0.717, 1.165) is 30.6 Å². The standard InChI is InChI=1S/C16H17NO3/c1-18-15-10-12(11-17)2-3-14(15)13-4-6-16(7-5-13)19-8-9-20-16/h2-4,10H,5-9H2,1H3. The van der Waals surface area contributed by atoms with Crippen molar-refractivity contribution in [3.63, 3.8) is 0 Å². The van der Waals surface area contributed by atoms with E-state index in [9.17, 15) is 0 Å². The highest BCUT2D eigenvalue weighted by molar-refractivity contribution is 5.72. The highest BCUT2D eigenvalue weighted by atomic mass is 16.7. The molecular formula is C16H17NO3. The predicted molar refractivity (Wildman–Crippen MR) is 74.2 cm³/mol. The van der Waals surface area contributed by atoms with Crippen molar-refractivity contribution in [2.24, 2.45) is 0 Å². The number of nitrogens with zero attached hydrogens (tertiary/aromatic N) is 1. The molecule has 1 saturated heterocycles. The summed E-state index contributed by atoms with van der Waals surface area (Å²) in [6, 6.07) is 7.69. The summed E-state index contributed by atoms with van der Waals surface area (Å²) >= 11 is 0. The van der Waals surface area contributed by atoms with Crippen molar-refractivity contribution in [3.8, 4) is 11.8 Å². The van der Waals surface area contributed by atoms with Gasteiger partial charge in [0.2, 0.25) is 0 Å². The molecule has 3 rings (SSSR count). The number of nitriles is 1. The van der Waals surface area contributed by atoms with Crippen LogP contribution in [0.5, 0.6) is 5.75 Å². The van der Waals surface area contributed by atoms with Gasteiger partial charge < -0.3 is 14.2 Å². The molecule has 1 aromatic rings. The minimum absolute atomic E-state index is 0.399. The maximum Gasteiger partial charge on any atom is 0.172 e. The van der Waals surface area contributed by atoms with Crippen molar-refractivity contribution in [2.75, 3.05) is 20.3 Å². The van der Waals surface area contributed by atoms with Gasteiger partial charge in [0.05, 0.1) is 32.0 Å². The predicted octanol–water partition coefficient (Wildman–Crippen LogP) is 2.88. The second-order valence-electron chi connectivity index (χ2n) is 5.07. The molecule has 0 saturated carbocycles. The summed E-state index contributed by atoms with van der Waals surface area (Å²) in [6.45, 7) is 1.37. The Bertz CT molecular complexity index is 580. The van der Waals surface area contributed by atoms with Crippen LogP contribution in [-0.4, -0.2) is 26.1 Å². The molecular weight excluding hydrogens is 254 g/mol. The molecule has 2 aliphatic rings. The first-order chi connectivity index (χ1) is 9.76. The molecule has 1 aliphatic carbocycles. The van der Waals surface area contributed by atoms with Gasteiger partial charge in [-0.15, -0.1) is 0 Å². The summed E-state index contributed by atoms with van der Waals surface area (Å²) in [5.41, 5.74) is 2.90. The second kappa shape index (κ2) is 5.28. The molecule has 1 fully saturated rings. The fraction of sp³-hybridized carbons (Fsp3) is 0.438. The van der Waals surface area contributed by atoms with Gasteiger partial charge in [-0.3, -0.25) is 0 Å². The molecule has 1 spiro atoms. The van der Waals surface area contributed by atoms with Crippen LogP contribution < -0.4 is 4.74 Å². The summed E-state index contributed by atoms with van der Waals surface area (Å²) in [5, 5.41) is 8.94. The molecule has 104 valence electrons. The van der Waals surface area contributed by atoms with Crippen molar-refractivity contribution in [2.45, 2.75) is 25.0 Å². The van der Waals surface area contributed by atoms with Crippen LogP contribution in [0.2, 0.25) is 0 Å². The third kappa shape index (κ3) is 2.31. The molecule has 0 unspecified atom stereocenters. The SMILES string of the molecule is COc1cc(C#N)ccc1C1=CCC2(CC1)OCCO2. The van der Waals surface area contributed by atoms with Crippen molar-refractivity contribution in [1.29, 1.82) is 5.26 Å². The molecule has 0 aromatic heterocycles. The minimum Gasteiger partial charge on any atom is -0.496 e. The molecule has 0 radical (unpaired) electrons. The van der Waals surface area contributed by atoms with Crippen molar-refractivity contribution >= 4 is 5.57 Å². The van der Waals surface area contributed by atoms with E-state index >= 15 is 0 Å². The molecule has 0 amide bonds. The third-order valence-corrected chi connectivity index (χ3v) is 3.92. The first kappa shape index (κ1) is 13.2. The van der Waals surface area contributed by atoms with E-state index in [1.54, 1.807) is 13.2 Å². The van der Waals surface area contributed by atoms with Crippen LogP contribution in [0.15, 0.2) is 24.3 Å². The Balaban J connectivity index is 1.87.